The van der Waals surface area contributed by atoms with Gasteiger partial charge in [-0.2, -0.15) is 0 Å². The lowest BCUT2D eigenvalue weighted by Crippen LogP contribution is -2.34. The Morgan fingerprint density at radius 2 is 1.67 bits per heavy atom. The van der Waals surface area contributed by atoms with Gasteiger partial charge in [-0.3, -0.25) is 0 Å². The van der Waals surface area contributed by atoms with Gasteiger partial charge in [0.25, 0.3) is 0 Å². The van der Waals surface area contributed by atoms with Crippen molar-refractivity contribution in [3.8, 4) is 5.75 Å². The molecule has 1 saturated heterocycles. The van der Waals surface area contributed by atoms with Crippen LogP contribution in [0.4, 0.5) is 0 Å². The number of benzene rings is 3. The first-order valence-corrected chi connectivity index (χ1v) is 9.41. The lowest BCUT2D eigenvalue weighted by molar-refractivity contribution is 0.0464. The van der Waals surface area contributed by atoms with E-state index in [2.05, 4.69) is 5.32 Å². The molecule has 0 spiro atoms. The standard InChI is InChI=1S/C23H23NO3/c25-23(26-16-17-6-2-1-3-7-17)21-11-10-18-8-4-5-9-20(18)22(21)27-19-12-14-24-15-13-19/h1-11,19,24H,12-16H2. The largest absolute Gasteiger partial charge is 0.489 e. The number of fused-ring (bicyclic) bond motifs is 1. The highest BCUT2D eigenvalue weighted by molar-refractivity contribution is 6.01. The molecule has 0 aliphatic carbocycles. The van der Waals surface area contributed by atoms with Crippen molar-refractivity contribution >= 4 is 16.7 Å². The first-order valence-electron chi connectivity index (χ1n) is 9.41. The maximum Gasteiger partial charge on any atom is 0.342 e. The number of piperidine rings is 1. The van der Waals surface area contributed by atoms with Gasteiger partial charge in [-0.1, -0.05) is 60.7 Å². The Labute approximate surface area is 159 Å². The Kier molecular flexibility index (Phi) is 5.35. The zero-order chi connectivity index (χ0) is 18.5. The van der Waals surface area contributed by atoms with Crippen molar-refractivity contribution in [1.82, 2.24) is 5.32 Å². The molecule has 4 heteroatoms. The number of carbonyl (C=O) groups is 1. The fourth-order valence-corrected chi connectivity index (χ4v) is 3.41. The minimum absolute atomic E-state index is 0.109. The van der Waals surface area contributed by atoms with Gasteiger partial charge < -0.3 is 14.8 Å². The Morgan fingerprint density at radius 3 is 2.48 bits per heavy atom. The molecular formula is C23H23NO3. The van der Waals surface area contributed by atoms with Crippen LogP contribution >= 0.6 is 0 Å². The number of carbonyl (C=O) groups excluding carboxylic acids is 1. The van der Waals surface area contributed by atoms with Crippen molar-refractivity contribution in [1.29, 1.82) is 0 Å². The molecule has 3 aromatic carbocycles. The molecule has 1 aliphatic heterocycles. The molecule has 1 heterocycles. The molecule has 0 saturated carbocycles. The van der Waals surface area contributed by atoms with Crippen LogP contribution in [0.25, 0.3) is 10.8 Å². The van der Waals surface area contributed by atoms with Crippen LogP contribution in [0, 0.1) is 0 Å². The van der Waals surface area contributed by atoms with Gasteiger partial charge in [0.15, 0.2) is 0 Å². The number of hydrogen-bond donors (Lipinski definition) is 1. The molecule has 3 aromatic rings. The van der Waals surface area contributed by atoms with Crippen LogP contribution in [0.5, 0.6) is 5.75 Å². The predicted octanol–water partition coefficient (Wildman–Crippen LogP) is 4.33. The Balaban J connectivity index is 1.62. The smallest absolute Gasteiger partial charge is 0.342 e. The first kappa shape index (κ1) is 17.6. The van der Waals surface area contributed by atoms with Crippen molar-refractivity contribution in [3.63, 3.8) is 0 Å². The van der Waals surface area contributed by atoms with E-state index in [1.54, 1.807) is 0 Å². The third-order valence-corrected chi connectivity index (χ3v) is 4.88. The summed E-state index contributed by atoms with van der Waals surface area (Å²) < 4.78 is 11.9. The molecule has 1 fully saturated rings. The van der Waals surface area contributed by atoms with Crippen molar-refractivity contribution in [2.24, 2.45) is 0 Å². The number of ether oxygens (including phenoxy) is 2. The molecule has 138 valence electrons. The monoisotopic (exact) mass is 361 g/mol. The summed E-state index contributed by atoms with van der Waals surface area (Å²) in [5.41, 5.74) is 1.45. The fourth-order valence-electron chi connectivity index (χ4n) is 3.41. The van der Waals surface area contributed by atoms with E-state index in [0.717, 1.165) is 42.3 Å². The first-order chi connectivity index (χ1) is 13.3. The minimum atomic E-state index is -0.353. The zero-order valence-electron chi connectivity index (χ0n) is 15.2. The second kappa shape index (κ2) is 8.23. The Hall–Kier alpha value is -2.85. The summed E-state index contributed by atoms with van der Waals surface area (Å²) in [4.78, 5) is 12.8. The van der Waals surface area contributed by atoms with E-state index in [1.807, 2.05) is 66.7 Å². The van der Waals surface area contributed by atoms with Gasteiger partial charge in [-0.05, 0) is 42.9 Å². The van der Waals surface area contributed by atoms with Gasteiger partial charge >= 0.3 is 5.97 Å². The average molecular weight is 361 g/mol. The van der Waals surface area contributed by atoms with Crippen LogP contribution in [-0.4, -0.2) is 25.2 Å². The maximum absolute atomic E-state index is 12.8. The van der Waals surface area contributed by atoms with E-state index in [4.69, 9.17) is 9.47 Å². The lowest BCUT2D eigenvalue weighted by Gasteiger charge is -2.25. The molecule has 1 aliphatic rings. The molecule has 0 atom stereocenters. The van der Waals surface area contributed by atoms with Crippen LogP contribution in [0.15, 0.2) is 66.7 Å². The van der Waals surface area contributed by atoms with Crippen LogP contribution in [0.1, 0.15) is 28.8 Å². The lowest BCUT2D eigenvalue weighted by atomic mass is 10.0. The number of rotatable bonds is 5. The Bertz CT molecular complexity index is 917. The summed E-state index contributed by atoms with van der Waals surface area (Å²) in [5.74, 6) is 0.284. The van der Waals surface area contributed by atoms with Crippen LogP contribution in [0.3, 0.4) is 0 Å². The molecule has 4 rings (SSSR count). The highest BCUT2D eigenvalue weighted by atomic mass is 16.5. The average Bonchev–Trinajstić information content (AvgIpc) is 2.74. The summed E-state index contributed by atoms with van der Waals surface area (Å²) in [6.45, 7) is 2.12. The summed E-state index contributed by atoms with van der Waals surface area (Å²) in [6, 6.07) is 21.5. The zero-order valence-corrected chi connectivity index (χ0v) is 15.2. The third-order valence-electron chi connectivity index (χ3n) is 4.88. The Morgan fingerprint density at radius 1 is 0.926 bits per heavy atom. The third kappa shape index (κ3) is 4.12. The highest BCUT2D eigenvalue weighted by Gasteiger charge is 2.22. The summed E-state index contributed by atoms with van der Waals surface area (Å²) in [5, 5.41) is 5.35. The van der Waals surface area contributed by atoms with Crippen molar-refractivity contribution in [3.05, 3.63) is 77.9 Å². The summed E-state index contributed by atoms with van der Waals surface area (Å²) in [7, 11) is 0. The number of hydrogen-bond acceptors (Lipinski definition) is 4. The number of nitrogens with one attached hydrogen (secondary N) is 1. The summed E-state index contributed by atoms with van der Waals surface area (Å²) in [6.07, 6.45) is 1.97. The second-order valence-electron chi connectivity index (χ2n) is 6.79. The van der Waals surface area contributed by atoms with E-state index in [9.17, 15) is 4.79 Å². The van der Waals surface area contributed by atoms with Gasteiger partial charge in [0.1, 0.15) is 24.0 Å². The van der Waals surface area contributed by atoms with Gasteiger partial charge in [0.05, 0.1) is 0 Å². The van der Waals surface area contributed by atoms with E-state index < -0.39 is 0 Å². The normalized spacial score (nSPS) is 14.8. The van der Waals surface area contributed by atoms with Crippen LogP contribution < -0.4 is 10.1 Å². The quantitative estimate of drug-likeness (QED) is 0.687. The van der Waals surface area contributed by atoms with Crippen LogP contribution in [0.2, 0.25) is 0 Å². The molecule has 1 N–H and O–H groups in total. The molecule has 0 unspecified atom stereocenters. The molecule has 27 heavy (non-hydrogen) atoms. The highest BCUT2D eigenvalue weighted by Crippen LogP contribution is 2.32. The molecule has 0 aromatic heterocycles. The maximum atomic E-state index is 12.8. The van der Waals surface area contributed by atoms with Crippen molar-refractivity contribution < 1.29 is 14.3 Å². The molecule has 0 bridgehead atoms. The SMILES string of the molecule is O=C(OCc1ccccc1)c1ccc2ccccc2c1OC1CCNCC1. The minimum Gasteiger partial charge on any atom is -0.489 e. The van der Waals surface area contributed by atoms with Gasteiger partial charge in [-0.15, -0.1) is 0 Å². The van der Waals surface area contributed by atoms with Gasteiger partial charge in [0.2, 0.25) is 0 Å². The predicted molar refractivity (Wildman–Crippen MR) is 106 cm³/mol. The van der Waals surface area contributed by atoms with Crippen molar-refractivity contribution in [2.45, 2.75) is 25.6 Å². The molecule has 0 amide bonds. The van der Waals surface area contributed by atoms with Crippen molar-refractivity contribution in [2.75, 3.05) is 13.1 Å². The molecular weight excluding hydrogens is 338 g/mol. The summed E-state index contributed by atoms with van der Waals surface area (Å²) >= 11 is 0. The van der Waals surface area contributed by atoms with Crippen LogP contribution in [-0.2, 0) is 11.3 Å². The fraction of sp³-hybridized carbons (Fsp3) is 0.261. The van der Waals surface area contributed by atoms with E-state index >= 15 is 0 Å². The molecule has 0 radical (unpaired) electrons. The van der Waals surface area contributed by atoms with E-state index in [0.29, 0.717) is 11.3 Å². The van der Waals surface area contributed by atoms with Gasteiger partial charge in [-0.25, -0.2) is 4.79 Å². The molecule has 4 nitrogen and oxygen atoms in total. The van der Waals surface area contributed by atoms with E-state index in [1.165, 1.54) is 0 Å². The topological polar surface area (TPSA) is 47.6 Å². The number of esters is 1. The van der Waals surface area contributed by atoms with E-state index in [-0.39, 0.29) is 18.7 Å². The second-order valence-corrected chi connectivity index (χ2v) is 6.79. The van der Waals surface area contributed by atoms with Gasteiger partial charge in [0, 0.05) is 5.39 Å².